The third-order valence-electron chi connectivity index (χ3n) is 11.1. The standard InChI is InChI=1S/C33H42ClN3O/c1-21(33-19-23-14-24(20-33)17-26(33)16-23)35-32(38)30-29-13-6-5-9-25(15-22-8-7-10-27(34)18-22)31(29)37(36-30)28-11-3-2-4-12-28/h5,7-10,18,21,23-26,28H,2-4,6,11-17,19-20H2,1H3,(H,35,38). The van der Waals surface area contributed by atoms with Crippen molar-refractivity contribution < 1.29 is 4.79 Å². The molecule has 5 saturated carbocycles. The second-order valence-electron chi connectivity index (χ2n) is 13.3. The number of aromatic nitrogens is 2. The summed E-state index contributed by atoms with van der Waals surface area (Å²) in [4.78, 5) is 14.1. The second kappa shape index (κ2) is 9.84. The molecule has 5 fully saturated rings. The Hall–Kier alpha value is -2.07. The van der Waals surface area contributed by atoms with Crippen molar-refractivity contribution in [3.05, 3.63) is 64.0 Å². The van der Waals surface area contributed by atoms with Crippen LogP contribution in [0.15, 0.2) is 36.4 Å². The van der Waals surface area contributed by atoms with Gasteiger partial charge in [-0.25, -0.2) is 0 Å². The number of carbonyl (C=O) groups is 1. The second-order valence-corrected chi connectivity index (χ2v) is 13.8. The van der Waals surface area contributed by atoms with Gasteiger partial charge in [-0.3, -0.25) is 9.48 Å². The average molecular weight is 532 g/mol. The van der Waals surface area contributed by atoms with E-state index in [4.69, 9.17) is 16.7 Å². The van der Waals surface area contributed by atoms with E-state index in [2.05, 4.69) is 41.2 Å². The van der Waals surface area contributed by atoms with E-state index in [9.17, 15) is 4.79 Å². The summed E-state index contributed by atoms with van der Waals surface area (Å²) in [6.45, 7) is 2.29. The summed E-state index contributed by atoms with van der Waals surface area (Å²) in [7, 11) is 0. The zero-order chi connectivity index (χ0) is 25.9. The van der Waals surface area contributed by atoms with Gasteiger partial charge in [0.1, 0.15) is 0 Å². The Bertz CT molecular complexity index is 1230. The fourth-order valence-corrected chi connectivity index (χ4v) is 9.76. The summed E-state index contributed by atoms with van der Waals surface area (Å²) in [6, 6.07) is 8.85. The van der Waals surface area contributed by atoms with E-state index < -0.39 is 0 Å². The van der Waals surface area contributed by atoms with E-state index in [1.54, 1.807) is 0 Å². The van der Waals surface area contributed by atoms with Gasteiger partial charge in [0.25, 0.3) is 5.91 Å². The van der Waals surface area contributed by atoms with Crippen LogP contribution in [0, 0.1) is 23.2 Å². The van der Waals surface area contributed by atoms with Crippen LogP contribution in [0.5, 0.6) is 0 Å². The van der Waals surface area contributed by atoms with E-state index in [1.165, 1.54) is 68.2 Å². The summed E-state index contributed by atoms with van der Waals surface area (Å²) < 4.78 is 2.31. The van der Waals surface area contributed by atoms with Crippen LogP contribution in [0.25, 0.3) is 0 Å². The van der Waals surface area contributed by atoms with E-state index >= 15 is 0 Å². The molecule has 8 rings (SSSR count). The molecule has 1 amide bonds. The number of allylic oxidation sites excluding steroid dienone is 2. The predicted octanol–water partition coefficient (Wildman–Crippen LogP) is 7.82. The molecule has 5 heteroatoms. The summed E-state index contributed by atoms with van der Waals surface area (Å²) >= 11 is 6.36. The first-order valence-corrected chi connectivity index (χ1v) is 15.7. The third kappa shape index (κ3) is 4.26. The number of rotatable bonds is 6. The first-order valence-electron chi connectivity index (χ1n) is 15.3. The Morgan fingerprint density at radius 3 is 2.71 bits per heavy atom. The number of fused-ring (bicyclic) bond motifs is 1. The van der Waals surface area contributed by atoms with Crippen LogP contribution in [0.4, 0.5) is 0 Å². The molecule has 1 aromatic heterocycles. The maximum absolute atomic E-state index is 14.1. The number of nitrogens with zero attached hydrogens (tertiary/aromatic N) is 2. The van der Waals surface area contributed by atoms with E-state index in [0.717, 1.165) is 54.9 Å². The predicted molar refractivity (Wildman–Crippen MR) is 153 cm³/mol. The quantitative estimate of drug-likeness (QED) is 0.386. The number of hydrogen-bond donors (Lipinski definition) is 1. The van der Waals surface area contributed by atoms with Gasteiger partial charge in [0.15, 0.2) is 5.69 Å². The summed E-state index contributed by atoms with van der Waals surface area (Å²) in [5, 5.41) is 9.53. The van der Waals surface area contributed by atoms with Crippen molar-refractivity contribution >= 4 is 17.5 Å². The SMILES string of the molecule is CC(NC(=O)c1nn(C2CCCCC2)c2c1CCC=CC2Cc1cccc(Cl)c1)C12CC3CC(CC1C3)C2. The van der Waals surface area contributed by atoms with Crippen LogP contribution >= 0.6 is 11.6 Å². The molecule has 6 aliphatic carbocycles. The molecule has 4 atom stereocenters. The molecule has 6 aliphatic rings. The van der Waals surface area contributed by atoms with Crippen molar-refractivity contribution in [1.82, 2.24) is 15.1 Å². The molecular weight excluding hydrogens is 490 g/mol. The molecule has 202 valence electrons. The van der Waals surface area contributed by atoms with Gasteiger partial charge < -0.3 is 5.32 Å². The molecule has 1 aromatic carbocycles. The molecule has 4 bridgehead atoms. The monoisotopic (exact) mass is 531 g/mol. The van der Waals surface area contributed by atoms with E-state index in [-0.39, 0.29) is 17.9 Å². The lowest BCUT2D eigenvalue weighted by molar-refractivity contribution is 0.0833. The van der Waals surface area contributed by atoms with Crippen LogP contribution in [-0.4, -0.2) is 21.7 Å². The number of benzene rings is 1. The third-order valence-corrected chi connectivity index (χ3v) is 11.3. The Morgan fingerprint density at radius 1 is 1.16 bits per heavy atom. The molecule has 4 nitrogen and oxygen atoms in total. The highest BCUT2D eigenvalue weighted by molar-refractivity contribution is 6.30. The topological polar surface area (TPSA) is 46.9 Å². The van der Waals surface area contributed by atoms with Gasteiger partial charge in [0.2, 0.25) is 0 Å². The van der Waals surface area contributed by atoms with Crippen LogP contribution in [0.2, 0.25) is 5.02 Å². The minimum absolute atomic E-state index is 0.0623. The van der Waals surface area contributed by atoms with Gasteiger partial charge in [-0.05, 0) is 112 Å². The maximum atomic E-state index is 14.1. The number of amides is 1. The Labute approximate surface area is 232 Å². The Balaban J connectivity index is 1.22. The minimum atomic E-state index is 0.0623. The normalized spacial score (nSPS) is 32.8. The van der Waals surface area contributed by atoms with Gasteiger partial charge in [-0.2, -0.15) is 5.10 Å². The molecule has 0 saturated heterocycles. The zero-order valence-electron chi connectivity index (χ0n) is 22.8. The van der Waals surface area contributed by atoms with E-state index in [0.29, 0.717) is 17.2 Å². The number of hydrogen-bond acceptors (Lipinski definition) is 2. The first-order chi connectivity index (χ1) is 18.5. The lowest BCUT2D eigenvalue weighted by Gasteiger charge is -2.38. The number of nitrogens with one attached hydrogen (secondary N) is 1. The molecule has 4 unspecified atom stereocenters. The van der Waals surface area contributed by atoms with Crippen molar-refractivity contribution in [3.8, 4) is 0 Å². The van der Waals surface area contributed by atoms with Gasteiger partial charge in [-0.1, -0.05) is 55.1 Å². The maximum Gasteiger partial charge on any atom is 0.272 e. The first kappa shape index (κ1) is 24.9. The van der Waals surface area contributed by atoms with Crippen LogP contribution in [0.3, 0.4) is 0 Å². The summed E-state index contributed by atoms with van der Waals surface area (Å²) in [6.07, 6.45) is 20.4. The van der Waals surface area contributed by atoms with E-state index in [1.807, 2.05) is 12.1 Å². The lowest BCUT2D eigenvalue weighted by Crippen LogP contribution is -2.47. The molecule has 1 heterocycles. The lowest BCUT2D eigenvalue weighted by atomic mass is 9.71. The van der Waals surface area contributed by atoms with Gasteiger partial charge in [0.05, 0.1) is 6.04 Å². The fraction of sp³-hybridized carbons (Fsp3) is 0.636. The van der Waals surface area contributed by atoms with Crippen molar-refractivity contribution in [2.45, 2.75) is 108 Å². The molecule has 0 spiro atoms. The van der Waals surface area contributed by atoms with Crippen LogP contribution < -0.4 is 5.32 Å². The molecule has 38 heavy (non-hydrogen) atoms. The molecular formula is C33H42ClN3O. The summed E-state index contributed by atoms with van der Waals surface area (Å²) in [5.41, 5.74) is 4.73. The smallest absolute Gasteiger partial charge is 0.272 e. The Kier molecular flexibility index (Phi) is 6.46. The highest BCUT2D eigenvalue weighted by Gasteiger charge is 2.60. The van der Waals surface area contributed by atoms with Crippen molar-refractivity contribution in [1.29, 1.82) is 0 Å². The van der Waals surface area contributed by atoms with Gasteiger partial charge in [-0.15, -0.1) is 0 Å². The van der Waals surface area contributed by atoms with Gasteiger partial charge >= 0.3 is 0 Å². The fourth-order valence-electron chi connectivity index (χ4n) is 9.54. The summed E-state index contributed by atoms with van der Waals surface area (Å²) in [5.74, 6) is 2.87. The van der Waals surface area contributed by atoms with Gasteiger partial charge in [0, 0.05) is 28.2 Å². The number of halogens is 1. The van der Waals surface area contributed by atoms with Crippen LogP contribution in [-0.2, 0) is 12.8 Å². The molecule has 0 radical (unpaired) electrons. The van der Waals surface area contributed by atoms with Crippen molar-refractivity contribution in [2.24, 2.45) is 23.2 Å². The van der Waals surface area contributed by atoms with Crippen molar-refractivity contribution in [3.63, 3.8) is 0 Å². The highest BCUT2D eigenvalue weighted by atomic mass is 35.5. The average Bonchev–Trinajstić information content (AvgIpc) is 3.43. The molecule has 2 aromatic rings. The minimum Gasteiger partial charge on any atom is -0.348 e. The highest BCUT2D eigenvalue weighted by Crippen LogP contribution is 2.66. The largest absolute Gasteiger partial charge is 0.348 e. The Morgan fingerprint density at radius 2 is 1.95 bits per heavy atom. The molecule has 0 aliphatic heterocycles. The van der Waals surface area contributed by atoms with Crippen molar-refractivity contribution in [2.75, 3.05) is 0 Å². The van der Waals surface area contributed by atoms with Crippen LogP contribution in [0.1, 0.15) is 117 Å². The number of carbonyl (C=O) groups excluding carboxylic acids is 1. The molecule has 1 N–H and O–H groups in total. The zero-order valence-corrected chi connectivity index (χ0v) is 23.6.